The van der Waals surface area contributed by atoms with Crippen LogP contribution in [0.1, 0.15) is 22.3 Å². The van der Waals surface area contributed by atoms with E-state index in [9.17, 15) is 18.0 Å². The maximum absolute atomic E-state index is 12.7. The molecule has 28 heavy (non-hydrogen) atoms. The molecule has 0 spiro atoms. The van der Waals surface area contributed by atoms with Crippen LogP contribution in [0.3, 0.4) is 0 Å². The second-order valence-electron chi connectivity index (χ2n) is 6.69. The number of sulfone groups is 1. The first-order valence-electron chi connectivity index (χ1n) is 8.81. The molecule has 1 aliphatic rings. The highest BCUT2D eigenvalue weighted by Gasteiger charge is 2.33. The van der Waals surface area contributed by atoms with Crippen LogP contribution in [0.2, 0.25) is 0 Å². The predicted molar refractivity (Wildman–Crippen MR) is 104 cm³/mol. The predicted octanol–water partition coefficient (Wildman–Crippen LogP) is 1.63. The molecule has 1 saturated heterocycles. The van der Waals surface area contributed by atoms with Crippen LogP contribution in [0.15, 0.2) is 53.4 Å². The Morgan fingerprint density at radius 3 is 2.57 bits per heavy atom. The zero-order chi connectivity index (χ0) is 20.3. The van der Waals surface area contributed by atoms with Crippen molar-refractivity contribution in [3.05, 3.63) is 59.7 Å². The van der Waals surface area contributed by atoms with Gasteiger partial charge in [-0.3, -0.25) is 9.59 Å². The molecule has 0 bridgehead atoms. The van der Waals surface area contributed by atoms with Crippen LogP contribution in [0.5, 0.6) is 5.75 Å². The van der Waals surface area contributed by atoms with Crippen LogP contribution < -0.4 is 10.1 Å². The van der Waals surface area contributed by atoms with Gasteiger partial charge in [-0.25, -0.2) is 8.42 Å². The van der Waals surface area contributed by atoms with Crippen molar-refractivity contribution in [2.75, 3.05) is 19.9 Å². The van der Waals surface area contributed by atoms with Gasteiger partial charge in [-0.2, -0.15) is 0 Å². The van der Waals surface area contributed by atoms with E-state index >= 15 is 0 Å². The molecule has 3 rings (SSSR count). The van der Waals surface area contributed by atoms with Crippen LogP contribution >= 0.6 is 0 Å². The van der Waals surface area contributed by atoms with E-state index < -0.39 is 21.8 Å². The summed E-state index contributed by atoms with van der Waals surface area (Å²) in [6.45, 7) is 1.03. The summed E-state index contributed by atoms with van der Waals surface area (Å²) in [7, 11) is -2.08. The van der Waals surface area contributed by atoms with Crippen molar-refractivity contribution in [3.63, 3.8) is 0 Å². The zero-order valence-corrected chi connectivity index (χ0v) is 16.5. The molecule has 1 unspecified atom stereocenters. The average Bonchev–Trinajstić information content (AvgIpc) is 3.01. The van der Waals surface area contributed by atoms with E-state index in [-0.39, 0.29) is 22.1 Å². The molecule has 8 heteroatoms. The highest BCUT2D eigenvalue weighted by atomic mass is 32.2. The summed E-state index contributed by atoms with van der Waals surface area (Å²) in [5.41, 5.74) is 1.10. The van der Waals surface area contributed by atoms with Crippen molar-refractivity contribution >= 4 is 21.7 Å². The Morgan fingerprint density at radius 1 is 1.21 bits per heavy atom. The normalized spacial score (nSPS) is 16.9. The fourth-order valence-electron chi connectivity index (χ4n) is 3.16. The van der Waals surface area contributed by atoms with Gasteiger partial charge in [-0.15, -0.1) is 0 Å². The third-order valence-corrected chi connectivity index (χ3v) is 5.77. The number of ether oxygens (including phenoxy) is 1. The van der Waals surface area contributed by atoms with Crippen molar-refractivity contribution in [2.24, 2.45) is 0 Å². The molecule has 0 radical (unpaired) electrons. The maximum Gasteiger partial charge on any atom is 0.255 e. The number of benzene rings is 2. The molecule has 1 fully saturated rings. The Kier molecular flexibility index (Phi) is 5.69. The van der Waals surface area contributed by atoms with Gasteiger partial charge in [0.05, 0.1) is 17.6 Å². The average molecular weight is 402 g/mol. The summed E-state index contributed by atoms with van der Waals surface area (Å²) in [6.07, 6.45) is 1.56. The number of rotatable bonds is 6. The minimum absolute atomic E-state index is 0.0157. The van der Waals surface area contributed by atoms with Gasteiger partial charge in [-0.05, 0) is 30.2 Å². The first-order valence-corrected chi connectivity index (χ1v) is 10.7. The second-order valence-corrected chi connectivity index (χ2v) is 8.71. The van der Waals surface area contributed by atoms with Crippen LogP contribution in [0.25, 0.3) is 0 Å². The Labute approximate surface area is 164 Å². The molecule has 2 aromatic rings. The Bertz CT molecular complexity index is 989. The van der Waals surface area contributed by atoms with Gasteiger partial charge < -0.3 is 15.0 Å². The van der Waals surface area contributed by atoms with Gasteiger partial charge in [-0.1, -0.05) is 30.3 Å². The van der Waals surface area contributed by atoms with Crippen LogP contribution in [-0.2, 0) is 21.2 Å². The first-order chi connectivity index (χ1) is 13.3. The van der Waals surface area contributed by atoms with Crippen LogP contribution in [0.4, 0.5) is 0 Å². The van der Waals surface area contributed by atoms with E-state index in [1.54, 1.807) is 4.90 Å². The van der Waals surface area contributed by atoms with Gasteiger partial charge >= 0.3 is 0 Å². The standard InChI is InChI=1S/C20H22N2O5S/c1-27-18-9-8-15(28(2,25)26)12-16(18)19(23)21-17-10-11-22(20(17)24)13-14-6-4-3-5-7-14/h3-9,12,17H,10-11,13H2,1-2H3,(H,21,23). The molecule has 1 N–H and O–H groups in total. The number of likely N-dealkylation sites (tertiary alicyclic amines) is 1. The first kappa shape index (κ1) is 19.9. The Morgan fingerprint density at radius 2 is 1.93 bits per heavy atom. The second kappa shape index (κ2) is 8.02. The number of methoxy groups -OCH3 is 1. The lowest BCUT2D eigenvalue weighted by Crippen LogP contribution is -2.41. The highest BCUT2D eigenvalue weighted by Crippen LogP contribution is 2.23. The lowest BCUT2D eigenvalue weighted by Gasteiger charge is -2.18. The van der Waals surface area contributed by atoms with E-state index in [1.807, 2.05) is 30.3 Å². The molecule has 1 atom stereocenters. The minimum atomic E-state index is -3.48. The molecule has 148 valence electrons. The van der Waals surface area contributed by atoms with Gasteiger partial charge in [0, 0.05) is 19.3 Å². The fourth-order valence-corrected chi connectivity index (χ4v) is 3.81. The maximum atomic E-state index is 12.7. The zero-order valence-electron chi connectivity index (χ0n) is 15.7. The van der Waals surface area contributed by atoms with Crippen molar-refractivity contribution < 1.29 is 22.7 Å². The van der Waals surface area contributed by atoms with Gasteiger partial charge in [0.1, 0.15) is 11.8 Å². The fraction of sp³-hybridized carbons (Fsp3) is 0.300. The van der Waals surface area contributed by atoms with Gasteiger partial charge in [0.2, 0.25) is 5.91 Å². The number of hydrogen-bond donors (Lipinski definition) is 1. The van der Waals surface area contributed by atoms with Crippen LogP contribution in [0, 0.1) is 0 Å². The number of amides is 2. The summed E-state index contributed by atoms with van der Waals surface area (Å²) in [5, 5.41) is 2.71. The largest absolute Gasteiger partial charge is 0.496 e. The number of nitrogens with one attached hydrogen (secondary N) is 1. The molecule has 0 aliphatic carbocycles. The Balaban J connectivity index is 1.74. The molecule has 1 aliphatic heterocycles. The lowest BCUT2D eigenvalue weighted by molar-refractivity contribution is -0.129. The van der Waals surface area contributed by atoms with Crippen LogP contribution in [-0.4, -0.2) is 51.1 Å². The van der Waals surface area contributed by atoms with Crippen molar-refractivity contribution in [2.45, 2.75) is 23.9 Å². The van der Waals surface area contributed by atoms with Crippen molar-refractivity contribution in [1.82, 2.24) is 10.2 Å². The summed E-state index contributed by atoms with van der Waals surface area (Å²) in [4.78, 5) is 27.1. The summed E-state index contributed by atoms with van der Waals surface area (Å²) in [5.74, 6) is -0.450. The van der Waals surface area contributed by atoms with E-state index in [1.165, 1.54) is 25.3 Å². The molecular formula is C20H22N2O5S. The topological polar surface area (TPSA) is 92.8 Å². The minimum Gasteiger partial charge on any atom is -0.496 e. The van der Waals surface area contributed by atoms with Gasteiger partial charge in [0.15, 0.2) is 9.84 Å². The molecule has 1 heterocycles. The molecule has 7 nitrogen and oxygen atoms in total. The number of nitrogens with zero attached hydrogens (tertiary/aromatic N) is 1. The number of carbonyl (C=O) groups is 2. The summed E-state index contributed by atoms with van der Waals surface area (Å²) >= 11 is 0. The smallest absolute Gasteiger partial charge is 0.255 e. The number of hydrogen-bond acceptors (Lipinski definition) is 5. The van der Waals surface area contributed by atoms with Gasteiger partial charge in [0.25, 0.3) is 5.91 Å². The molecule has 2 amide bonds. The third-order valence-electron chi connectivity index (χ3n) is 4.66. The van der Waals surface area contributed by atoms with E-state index in [4.69, 9.17) is 4.74 Å². The third kappa shape index (κ3) is 4.33. The highest BCUT2D eigenvalue weighted by molar-refractivity contribution is 7.90. The quantitative estimate of drug-likeness (QED) is 0.793. The Hall–Kier alpha value is -2.87. The van der Waals surface area contributed by atoms with E-state index in [0.29, 0.717) is 19.5 Å². The molecule has 2 aromatic carbocycles. The lowest BCUT2D eigenvalue weighted by atomic mass is 10.1. The molecule has 0 aromatic heterocycles. The number of carbonyl (C=O) groups excluding carboxylic acids is 2. The van der Waals surface area contributed by atoms with Crippen molar-refractivity contribution in [1.29, 1.82) is 0 Å². The molecule has 0 saturated carbocycles. The summed E-state index contributed by atoms with van der Waals surface area (Å²) in [6, 6.07) is 13.1. The van der Waals surface area contributed by atoms with E-state index in [2.05, 4.69) is 5.32 Å². The summed E-state index contributed by atoms with van der Waals surface area (Å²) < 4.78 is 28.7. The van der Waals surface area contributed by atoms with Crippen molar-refractivity contribution in [3.8, 4) is 5.75 Å². The monoisotopic (exact) mass is 402 g/mol. The van der Waals surface area contributed by atoms with E-state index in [0.717, 1.165) is 11.8 Å². The SMILES string of the molecule is COc1ccc(S(C)(=O)=O)cc1C(=O)NC1CCN(Cc2ccccc2)C1=O. The molecular weight excluding hydrogens is 380 g/mol.